The van der Waals surface area contributed by atoms with Gasteiger partial charge in [0.15, 0.2) is 0 Å². The van der Waals surface area contributed by atoms with E-state index >= 15 is 0 Å². The average Bonchev–Trinajstić information content (AvgIpc) is 3.41. The molecule has 0 aliphatic heterocycles. The summed E-state index contributed by atoms with van der Waals surface area (Å²) in [5.41, 5.74) is 0.371. The zero-order valence-electron chi connectivity index (χ0n) is 33.0. The highest BCUT2D eigenvalue weighted by molar-refractivity contribution is 5.73. The van der Waals surface area contributed by atoms with E-state index in [0.29, 0.717) is 23.7 Å². The number of nitroso groups, excluding NO2 is 1. The number of carboxylic acids is 1. The maximum atomic E-state index is 13.5. The molecule has 0 heterocycles. The number of ether oxygens (including phenoxy) is 1. The van der Waals surface area contributed by atoms with Crippen molar-refractivity contribution in [3.8, 4) is 0 Å². The van der Waals surface area contributed by atoms with Crippen LogP contribution < -0.4 is 0 Å². The van der Waals surface area contributed by atoms with Gasteiger partial charge in [-0.15, -0.1) is 0 Å². The molecule has 5 fully saturated rings. The van der Waals surface area contributed by atoms with Gasteiger partial charge in [-0.25, -0.2) is 0 Å². The molecule has 5 saturated carbocycles. The quantitative estimate of drug-likeness (QED) is 0.132. The van der Waals surface area contributed by atoms with Crippen LogP contribution in [0.2, 0.25) is 0 Å². The Hall–Kier alpha value is -2.05. The van der Waals surface area contributed by atoms with Crippen LogP contribution in [0.3, 0.4) is 0 Å². The van der Waals surface area contributed by atoms with Gasteiger partial charge in [-0.2, -0.15) is 4.91 Å². The van der Waals surface area contributed by atoms with E-state index < -0.39 is 24.1 Å². The highest BCUT2D eigenvalue weighted by atomic mass is 19.1. The van der Waals surface area contributed by atoms with Gasteiger partial charge in [0.2, 0.25) is 0 Å². The summed E-state index contributed by atoms with van der Waals surface area (Å²) >= 11 is 0. The van der Waals surface area contributed by atoms with E-state index in [-0.39, 0.29) is 63.3 Å². The van der Waals surface area contributed by atoms with Crippen LogP contribution in [0.5, 0.6) is 0 Å². The van der Waals surface area contributed by atoms with Crippen molar-refractivity contribution in [3.63, 3.8) is 0 Å². The number of alkyl halides is 1. The fraction of sp³-hybridized carbons (Fsp3) is 0.860. The fourth-order valence-corrected chi connectivity index (χ4v) is 14.2. The molecule has 6 nitrogen and oxygen atoms in total. The Bertz CT molecular complexity index is 1390. The van der Waals surface area contributed by atoms with Crippen molar-refractivity contribution in [1.82, 2.24) is 0 Å². The molecule has 282 valence electrons. The molecule has 7 heteroatoms. The predicted molar refractivity (Wildman–Crippen MR) is 198 cm³/mol. The van der Waals surface area contributed by atoms with E-state index in [1.807, 2.05) is 32.9 Å². The van der Waals surface area contributed by atoms with Crippen molar-refractivity contribution in [2.45, 2.75) is 158 Å². The summed E-state index contributed by atoms with van der Waals surface area (Å²) in [6, 6.07) is -0.459. The van der Waals surface area contributed by atoms with E-state index in [9.17, 15) is 24.0 Å². The minimum atomic E-state index is -0.897. The van der Waals surface area contributed by atoms with E-state index in [1.165, 1.54) is 5.57 Å². The molecule has 0 aromatic heterocycles. The standard InChI is InChI=1S/C43H68FNO5/c1-27(2)29-14-21-43(32(45-49)13-12-28(3)26-44)23-22-42(11)40(9)19-15-30-38(6,7)33(50-35(48)25-37(4,5)24-34(46)47)17-18-39(30,8)31(40)16-20-41(42,10)36(29)43/h12-13,28-33,36H,1,14-26H2,2-11H3,(H,46,47)/b13-12+/t28?,29-,30-,31+,32?,33-,36+,39-,40+,41+,42-,43+/m0/s1. The van der Waals surface area contributed by atoms with E-state index in [1.54, 1.807) is 0 Å². The molecule has 0 saturated heterocycles. The third kappa shape index (κ3) is 5.85. The van der Waals surface area contributed by atoms with Gasteiger partial charge in [-0.1, -0.05) is 91.8 Å². The number of carbonyl (C=O) groups is 2. The average molecular weight is 698 g/mol. The number of hydrogen-bond acceptors (Lipinski definition) is 5. The number of carboxylic acid groups (broad SMARTS) is 1. The second-order valence-electron chi connectivity index (χ2n) is 20.4. The topological polar surface area (TPSA) is 93.0 Å². The van der Waals surface area contributed by atoms with Crippen LogP contribution >= 0.6 is 0 Å². The lowest BCUT2D eigenvalue weighted by Gasteiger charge is -2.76. The molecule has 5 aliphatic carbocycles. The molecule has 0 bridgehead atoms. The molecular weight excluding hydrogens is 629 g/mol. The van der Waals surface area contributed by atoms with Crippen molar-refractivity contribution < 1.29 is 23.8 Å². The van der Waals surface area contributed by atoms with Gasteiger partial charge < -0.3 is 9.84 Å². The van der Waals surface area contributed by atoms with Crippen LogP contribution in [-0.2, 0) is 14.3 Å². The van der Waals surface area contributed by atoms with Crippen molar-refractivity contribution in [3.05, 3.63) is 29.2 Å². The third-order valence-corrected chi connectivity index (χ3v) is 16.9. The molecule has 1 N–H and O–H groups in total. The van der Waals surface area contributed by atoms with E-state index in [4.69, 9.17) is 4.74 Å². The molecule has 50 heavy (non-hydrogen) atoms. The second-order valence-corrected chi connectivity index (χ2v) is 20.4. The monoisotopic (exact) mass is 698 g/mol. The number of aliphatic carboxylic acids is 1. The number of halogens is 1. The Morgan fingerprint density at radius 2 is 1.56 bits per heavy atom. The summed E-state index contributed by atoms with van der Waals surface area (Å²) in [4.78, 5) is 37.4. The summed E-state index contributed by atoms with van der Waals surface area (Å²) in [6.45, 7) is 26.7. The lowest BCUT2D eigenvalue weighted by atomic mass is 9.28. The first-order valence-electron chi connectivity index (χ1n) is 19.7. The second kappa shape index (κ2) is 13.1. The van der Waals surface area contributed by atoms with Crippen molar-refractivity contribution in [2.75, 3.05) is 6.67 Å². The number of rotatable bonds is 11. The molecule has 2 unspecified atom stereocenters. The predicted octanol–water partition coefficient (Wildman–Crippen LogP) is 11.1. The van der Waals surface area contributed by atoms with Crippen LogP contribution in [0, 0.1) is 72.4 Å². The summed E-state index contributed by atoms with van der Waals surface area (Å²) < 4.78 is 19.8. The fourth-order valence-electron chi connectivity index (χ4n) is 14.2. The van der Waals surface area contributed by atoms with Crippen molar-refractivity contribution in [2.24, 2.45) is 72.7 Å². The van der Waals surface area contributed by atoms with Crippen molar-refractivity contribution in [1.29, 1.82) is 0 Å². The number of fused-ring (bicyclic) bond motifs is 7. The van der Waals surface area contributed by atoms with Crippen LogP contribution in [0.4, 0.5) is 4.39 Å². The SMILES string of the molecule is C=C(C)[C@@H]1CC[C@]2(C(/C=C/C(C)CF)N=O)CC[C@@]3(C)[C@]4(C)CC[C@H]5C(C)(C)[C@@H](OC(=O)CC(C)(C)CC(=O)O)CC[C@]5(C)[C@H]4CC[C@]3(C)[C@@H]12. The third-order valence-electron chi connectivity index (χ3n) is 16.9. The van der Waals surface area contributed by atoms with Gasteiger partial charge in [0, 0.05) is 16.7 Å². The minimum absolute atomic E-state index is 0.00664. The Labute approximate surface area is 302 Å². The van der Waals surface area contributed by atoms with Crippen LogP contribution in [0.15, 0.2) is 29.5 Å². The molecule has 0 spiro atoms. The first-order valence-corrected chi connectivity index (χ1v) is 19.7. The maximum Gasteiger partial charge on any atom is 0.306 e. The molecule has 5 aliphatic rings. The smallest absolute Gasteiger partial charge is 0.306 e. The van der Waals surface area contributed by atoms with Gasteiger partial charge in [0.1, 0.15) is 12.1 Å². The first kappa shape index (κ1) is 39.2. The summed E-state index contributed by atoms with van der Waals surface area (Å²) in [5, 5.41) is 13.2. The van der Waals surface area contributed by atoms with Crippen LogP contribution in [0.1, 0.15) is 146 Å². The van der Waals surface area contributed by atoms with Gasteiger partial charge in [-0.3, -0.25) is 14.0 Å². The summed E-state index contributed by atoms with van der Waals surface area (Å²) in [5.74, 6) is 0.154. The number of esters is 1. The zero-order chi connectivity index (χ0) is 37.3. The van der Waals surface area contributed by atoms with Gasteiger partial charge >= 0.3 is 11.9 Å². The Kier molecular flexibility index (Phi) is 10.3. The number of allylic oxidation sites excluding steroid dienone is 2. The lowest BCUT2D eigenvalue weighted by molar-refractivity contribution is -0.279. The largest absolute Gasteiger partial charge is 0.481 e. The molecule has 0 aromatic rings. The van der Waals surface area contributed by atoms with E-state index in [2.05, 4.69) is 60.2 Å². The van der Waals surface area contributed by atoms with E-state index in [0.717, 1.165) is 64.2 Å². The molecular formula is C43H68FNO5. The number of hydrogen-bond donors (Lipinski definition) is 1. The maximum absolute atomic E-state index is 13.5. The summed E-state index contributed by atoms with van der Waals surface area (Å²) in [6.07, 6.45) is 14.0. The van der Waals surface area contributed by atoms with Crippen LogP contribution in [0.25, 0.3) is 0 Å². The lowest BCUT2D eigenvalue weighted by Crippen LogP contribution is -2.70. The van der Waals surface area contributed by atoms with Gasteiger partial charge in [0.05, 0.1) is 19.5 Å². The van der Waals surface area contributed by atoms with Gasteiger partial charge in [0.25, 0.3) is 0 Å². The number of carbonyl (C=O) groups excluding carboxylic acids is 1. The molecule has 0 radical (unpaired) electrons. The highest BCUT2D eigenvalue weighted by Crippen LogP contribution is 2.81. The molecule has 0 amide bonds. The zero-order valence-corrected chi connectivity index (χ0v) is 33.0. The Balaban J connectivity index is 1.46. The highest BCUT2D eigenvalue weighted by Gasteiger charge is 2.75. The van der Waals surface area contributed by atoms with Gasteiger partial charge in [-0.05, 0) is 122 Å². The number of nitrogens with zero attached hydrogens (tertiary/aromatic N) is 1. The Morgan fingerprint density at radius 1 is 0.920 bits per heavy atom. The molecule has 5 rings (SSSR count). The minimum Gasteiger partial charge on any atom is -0.481 e. The molecule has 0 aromatic carbocycles. The van der Waals surface area contributed by atoms with Crippen LogP contribution in [-0.4, -0.2) is 35.9 Å². The normalized spacial score (nSPS) is 43.5. The summed E-state index contributed by atoms with van der Waals surface area (Å²) in [7, 11) is 0. The molecule has 12 atom stereocenters. The van der Waals surface area contributed by atoms with Crippen molar-refractivity contribution >= 4 is 11.9 Å². The Morgan fingerprint density at radius 3 is 2.16 bits per heavy atom. The first-order chi connectivity index (χ1) is 23.1.